The minimum absolute atomic E-state index is 0.0720. The number of para-hydroxylation sites is 1. The molecule has 1 aromatic carbocycles. The normalized spacial score (nSPS) is 18.1. The quantitative estimate of drug-likeness (QED) is 0.743. The lowest BCUT2D eigenvalue weighted by molar-refractivity contribution is -0.138. The van der Waals surface area contributed by atoms with E-state index in [9.17, 15) is 22.8 Å². The van der Waals surface area contributed by atoms with Gasteiger partial charge in [-0.15, -0.1) is 0 Å². The molecule has 2 amide bonds. The smallest absolute Gasteiger partial charge is 0.274 e. The van der Waals surface area contributed by atoms with Gasteiger partial charge >= 0.3 is 6.18 Å². The third-order valence-corrected chi connectivity index (χ3v) is 5.11. The number of rotatable bonds is 3. The lowest BCUT2D eigenvalue weighted by Crippen LogP contribution is -2.31. The molecular formula is C16H10ClF3N2O2S. The van der Waals surface area contributed by atoms with Gasteiger partial charge in [0.2, 0.25) is 11.8 Å². The predicted octanol–water partition coefficient (Wildman–Crippen LogP) is 4.18. The van der Waals surface area contributed by atoms with Crippen LogP contribution in [-0.2, 0) is 15.8 Å². The first-order chi connectivity index (χ1) is 11.8. The molecule has 1 aromatic heterocycles. The number of imide groups is 1. The number of anilines is 1. The van der Waals surface area contributed by atoms with Crippen molar-refractivity contribution in [3.8, 4) is 0 Å². The highest BCUT2D eigenvalue weighted by atomic mass is 35.5. The van der Waals surface area contributed by atoms with Crippen LogP contribution in [0.15, 0.2) is 47.6 Å². The molecule has 1 aliphatic heterocycles. The Balaban J connectivity index is 1.80. The maximum atomic E-state index is 12.6. The fourth-order valence-electron chi connectivity index (χ4n) is 2.35. The van der Waals surface area contributed by atoms with Crippen LogP contribution in [0.25, 0.3) is 0 Å². The van der Waals surface area contributed by atoms with E-state index in [1.165, 1.54) is 0 Å². The number of aromatic nitrogens is 1. The molecule has 0 bridgehead atoms. The first-order valence-corrected chi connectivity index (χ1v) is 8.34. The van der Waals surface area contributed by atoms with Crippen LogP contribution in [-0.4, -0.2) is 22.0 Å². The fraction of sp³-hybridized carbons (Fsp3) is 0.188. The van der Waals surface area contributed by atoms with E-state index >= 15 is 0 Å². The summed E-state index contributed by atoms with van der Waals surface area (Å²) < 4.78 is 37.9. The van der Waals surface area contributed by atoms with E-state index in [1.54, 1.807) is 30.3 Å². The van der Waals surface area contributed by atoms with Crippen LogP contribution in [0.3, 0.4) is 0 Å². The van der Waals surface area contributed by atoms with E-state index in [-0.39, 0.29) is 22.4 Å². The summed E-state index contributed by atoms with van der Waals surface area (Å²) in [7, 11) is 0. The third-order valence-electron chi connectivity index (χ3n) is 3.51. The minimum Gasteiger partial charge on any atom is -0.274 e. The van der Waals surface area contributed by atoms with Gasteiger partial charge in [0.25, 0.3) is 0 Å². The maximum Gasteiger partial charge on any atom is 0.417 e. The topological polar surface area (TPSA) is 50.3 Å². The average molecular weight is 387 g/mol. The molecule has 0 spiro atoms. The summed E-state index contributed by atoms with van der Waals surface area (Å²) in [5, 5.41) is -0.914. The molecule has 1 saturated heterocycles. The Morgan fingerprint density at radius 3 is 2.48 bits per heavy atom. The molecule has 1 aliphatic rings. The molecule has 1 fully saturated rings. The largest absolute Gasteiger partial charge is 0.417 e. The van der Waals surface area contributed by atoms with E-state index in [4.69, 9.17) is 11.6 Å². The van der Waals surface area contributed by atoms with Crippen molar-refractivity contribution in [3.05, 3.63) is 53.2 Å². The van der Waals surface area contributed by atoms with Gasteiger partial charge in [0, 0.05) is 12.6 Å². The van der Waals surface area contributed by atoms with Crippen LogP contribution < -0.4 is 4.90 Å². The van der Waals surface area contributed by atoms with Gasteiger partial charge in [0.1, 0.15) is 5.03 Å². The summed E-state index contributed by atoms with van der Waals surface area (Å²) in [4.78, 5) is 29.4. The molecule has 1 atom stereocenters. The number of carbonyl (C=O) groups excluding carboxylic acids is 2. The second-order valence-corrected chi connectivity index (χ2v) is 6.82. The second kappa shape index (κ2) is 6.68. The number of carbonyl (C=O) groups is 2. The van der Waals surface area contributed by atoms with E-state index in [2.05, 4.69) is 4.98 Å². The molecular weight excluding hydrogens is 377 g/mol. The van der Waals surface area contributed by atoms with Crippen LogP contribution in [0.1, 0.15) is 12.0 Å². The molecule has 0 saturated carbocycles. The average Bonchev–Trinajstić information content (AvgIpc) is 2.83. The highest BCUT2D eigenvalue weighted by Gasteiger charge is 2.41. The summed E-state index contributed by atoms with van der Waals surface area (Å²) in [5.74, 6) is -0.823. The summed E-state index contributed by atoms with van der Waals surface area (Å²) in [5.41, 5.74) is -0.520. The highest BCUT2D eigenvalue weighted by molar-refractivity contribution is 8.00. The molecule has 0 radical (unpaired) electrons. The number of thioether (sulfide) groups is 1. The monoisotopic (exact) mass is 386 g/mol. The van der Waals surface area contributed by atoms with Crippen LogP contribution in [0, 0.1) is 0 Å². The standard InChI is InChI=1S/C16H10ClF3N2O2S/c17-11-6-9(16(18,19)20)8-21-14(11)25-12-7-13(23)22(15(12)24)10-4-2-1-3-5-10/h1-6,8,12H,7H2/t12-/m0/s1. The van der Waals surface area contributed by atoms with E-state index < -0.39 is 22.9 Å². The number of nitrogens with zero attached hydrogens (tertiary/aromatic N) is 2. The maximum absolute atomic E-state index is 12.6. The minimum atomic E-state index is -4.55. The molecule has 9 heteroatoms. The number of pyridine rings is 1. The van der Waals surface area contributed by atoms with Gasteiger partial charge in [0.15, 0.2) is 0 Å². The molecule has 2 heterocycles. The van der Waals surface area contributed by atoms with Crippen molar-refractivity contribution in [2.24, 2.45) is 0 Å². The molecule has 130 valence electrons. The number of halogens is 4. The fourth-order valence-corrected chi connectivity index (χ4v) is 3.63. The zero-order chi connectivity index (χ0) is 18.2. The molecule has 0 N–H and O–H groups in total. The number of hydrogen-bond donors (Lipinski definition) is 0. The Bertz CT molecular complexity index is 830. The van der Waals surface area contributed by atoms with Crippen molar-refractivity contribution in [3.63, 3.8) is 0 Å². The Morgan fingerprint density at radius 2 is 1.88 bits per heavy atom. The van der Waals surface area contributed by atoms with Crippen molar-refractivity contribution < 1.29 is 22.8 Å². The molecule has 4 nitrogen and oxygen atoms in total. The SMILES string of the molecule is O=C1C[C@H](Sc2ncc(C(F)(F)F)cc2Cl)C(=O)N1c1ccccc1. The predicted molar refractivity (Wildman–Crippen MR) is 87.4 cm³/mol. The lowest BCUT2D eigenvalue weighted by atomic mass is 10.3. The second-order valence-electron chi connectivity index (χ2n) is 5.22. The number of benzene rings is 1. The van der Waals surface area contributed by atoms with Gasteiger partial charge in [-0.25, -0.2) is 9.88 Å². The van der Waals surface area contributed by atoms with Gasteiger partial charge in [0.05, 0.1) is 21.5 Å². The van der Waals surface area contributed by atoms with Crippen molar-refractivity contribution >= 4 is 40.9 Å². The molecule has 0 aliphatic carbocycles. The first kappa shape index (κ1) is 17.8. The van der Waals surface area contributed by atoms with Crippen molar-refractivity contribution in [1.29, 1.82) is 0 Å². The van der Waals surface area contributed by atoms with Gasteiger partial charge in [-0.3, -0.25) is 9.59 Å². The molecule has 25 heavy (non-hydrogen) atoms. The van der Waals surface area contributed by atoms with Gasteiger partial charge < -0.3 is 0 Å². The van der Waals surface area contributed by atoms with Gasteiger partial charge in [-0.2, -0.15) is 13.2 Å². The van der Waals surface area contributed by atoms with E-state index in [0.29, 0.717) is 11.9 Å². The van der Waals surface area contributed by atoms with Gasteiger partial charge in [-0.05, 0) is 18.2 Å². The molecule has 3 rings (SSSR count). The zero-order valence-corrected chi connectivity index (χ0v) is 14.0. The molecule has 2 aromatic rings. The Labute approximate surface area is 150 Å². The van der Waals surface area contributed by atoms with E-state index in [0.717, 1.165) is 22.7 Å². The lowest BCUT2D eigenvalue weighted by Gasteiger charge is -2.15. The Hall–Kier alpha value is -2.06. The zero-order valence-electron chi connectivity index (χ0n) is 12.5. The van der Waals surface area contributed by atoms with Crippen LogP contribution in [0.2, 0.25) is 5.02 Å². The number of amides is 2. The van der Waals surface area contributed by atoms with Crippen LogP contribution >= 0.6 is 23.4 Å². The number of alkyl halides is 3. The Morgan fingerprint density at radius 1 is 1.20 bits per heavy atom. The van der Waals surface area contributed by atoms with Crippen LogP contribution in [0.5, 0.6) is 0 Å². The van der Waals surface area contributed by atoms with Gasteiger partial charge in [-0.1, -0.05) is 41.6 Å². The summed E-state index contributed by atoms with van der Waals surface area (Å²) >= 11 is 6.74. The number of hydrogen-bond acceptors (Lipinski definition) is 4. The van der Waals surface area contributed by atoms with Crippen molar-refractivity contribution in [1.82, 2.24) is 4.98 Å². The summed E-state index contributed by atoms with van der Waals surface area (Å²) in [6.45, 7) is 0. The van der Waals surface area contributed by atoms with Crippen molar-refractivity contribution in [2.45, 2.75) is 22.9 Å². The summed E-state index contributed by atoms with van der Waals surface area (Å²) in [6.07, 6.45) is -3.97. The third kappa shape index (κ3) is 3.64. The molecule has 0 unspecified atom stereocenters. The van der Waals surface area contributed by atoms with Crippen LogP contribution in [0.4, 0.5) is 18.9 Å². The highest BCUT2D eigenvalue weighted by Crippen LogP contribution is 2.38. The summed E-state index contributed by atoms with van der Waals surface area (Å²) in [6, 6.07) is 9.17. The first-order valence-electron chi connectivity index (χ1n) is 7.08. The van der Waals surface area contributed by atoms with E-state index in [1.807, 2.05) is 0 Å². The van der Waals surface area contributed by atoms with Crippen molar-refractivity contribution in [2.75, 3.05) is 4.90 Å². The Kier molecular flexibility index (Phi) is 4.75.